The van der Waals surface area contributed by atoms with Gasteiger partial charge in [0.1, 0.15) is 5.69 Å². The van der Waals surface area contributed by atoms with Gasteiger partial charge in [0, 0.05) is 24.4 Å². The maximum Gasteiger partial charge on any atom is 0.254 e. The monoisotopic (exact) mass is 439 g/mol. The number of hydrogen-bond acceptors (Lipinski definition) is 5. The van der Waals surface area contributed by atoms with Crippen LogP contribution in [0.2, 0.25) is 0 Å². The van der Waals surface area contributed by atoms with Crippen molar-refractivity contribution in [2.75, 3.05) is 13.1 Å². The summed E-state index contributed by atoms with van der Waals surface area (Å²) < 4.78 is 6.77. The first-order valence-electron chi connectivity index (χ1n) is 10.8. The van der Waals surface area contributed by atoms with Crippen LogP contribution in [0, 0.1) is 0 Å². The number of benzene rings is 2. The average molecular weight is 440 g/mol. The van der Waals surface area contributed by atoms with Gasteiger partial charge in [-0.25, -0.2) is 9.97 Å². The Labute approximate surface area is 189 Å². The minimum Gasteiger partial charge on any atom is -0.463 e. The van der Waals surface area contributed by atoms with E-state index in [0.29, 0.717) is 22.9 Å². The van der Waals surface area contributed by atoms with E-state index in [4.69, 9.17) is 14.4 Å². The number of fused-ring (bicyclic) bond motifs is 2. The van der Waals surface area contributed by atoms with Crippen LogP contribution in [0.4, 0.5) is 0 Å². The number of thiazole rings is 1. The SMILES string of the molecule is O=C(c1cc(-c2ccco2)nc2ccccc12)N1CCC(c2nc3ccccc3s2)CC1. The van der Waals surface area contributed by atoms with Gasteiger partial charge < -0.3 is 9.32 Å². The second kappa shape index (κ2) is 7.88. The average Bonchev–Trinajstić information content (AvgIpc) is 3.53. The molecule has 0 atom stereocenters. The van der Waals surface area contributed by atoms with Crippen LogP contribution in [-0.2, 0) is 0 Å². The van der Waals surface area contributed by atoms with Crippen molar-refractivity contribution < 1.29 is 9.21 Å². The van der Waals surface area contributed by atoms with E-state index in [0.717, 1.165) is 42.4 Å². The van der Waals surface area contributed by atoms with Crippen molar-refractivity contribution in [1.82, 2.24) is 14.9 Å². The van der Waals surface area contributed by atoms with Gasteiger partial charge in [-0.05, 0) is 49.2 Å². The molecule has 0 saturated carbocycles. The molecule has 0 spiro atoms. The van der Waals surface area contributed by atoms with Gasteiger partial charge in [0.2, 0.25) is 0 Å². The van der Waals surface area contributed by atoms with E-state index in [2.05, 4.69) is 18.2 Å². The highest BCUT2D eigenvalue weighted by molar-refractivity contribution is 7.18. The normalized spacial score (nSPS) is 14.9. The van der Waals surface area contributed by atoms with E-state index < -0.39 is 0 Å². The maximum atomic E-state index is 13.6. The molecule has 0 aliphatic carbocycles. The Morgan fingerprint density at radius 3 is 2.50 bits per heavy atom. The first-order chi connectivity index (χ1) is 15.8. The third kappa shape index (κ3) is 3.37. The third-order valence-corrected chi connectivity index (χ3v) is 7.36. The van der Waals surface area contributed by atoms with Crippen LogP contribution in [0.5, 0.6) is 0 Å². The van der Waals surface area contributed by atoms with Crippen LogP contribution in [0.1, 0.15) is 34.1 Å². The van der Waals surface area contributed by atoms with Gasteiger partial charge in [-0.2, -0.15) is 0 Å². The topological polar surface area (TPSA) is 59.2 Å². The Morgan fingerprint density at radius 2 is 1.72 bits per heavy atom. The minimum atomic E-state index is 0.0548. The van der Waals surface area contributed by atoms with E-state index in [-0.39, 0.29) is 5.91 Å². The molecule has 5 nitrogen and oxygen atoms in total. The van der Waals surface area contributed by atoms with E-state index in [1.165, 1.54) is 9.71 Å². The number of nitrogens with zero attached hydrogens (tertiary/aromatic N) is 3. The van der Waals surface area contributed by atoms with Crippen molar-refractivity contribution in [3.05, 3.63) is 83.6 Å². The Balaban J connectivity index is 1.27. The van der Waals surface area contributed by atoms with Crippen LogP contribution in [0.25, 0.3) is 32.6 Å². The van der Waals surface area contributed by atoms with Crippen molar-refractivity contribution in [3.63, 3.8) is 0 Å². The number of aromatic nitrogens is 2. The lowest BCUT2D eigenvalue weighted by atomic mass is 9.96. The quantitative estimate of drug-likeness (QED) is 0.340. The molecule has 0 bridgehead atoms. The zero-order valence-electron chi connectivity index (χ0n) is 17.4. The zero-order chi connectivity index (χ0) is 21.5. The highest BCUT2D eigenvalue weighted by Crippen LogP contribution is 2.35. The first-order valence-corrected chi connectivity index (χ1v) is 11.7. The van der Waals surface area contributed by atoms with Gasteiger partial charge in [0.25, 0.3) is 5.91 Å². The predicted molar refractivity (Wildman–Crippen MR) is 127 cm³/mol. The molecule has 0 N–H and O–H groups in total. The zero-order valence-corrected chi connectivity index (χ0v) is 18.2. The van der Waals surface area contributed by atoms with E-state index in [9.17, 15) is 4.79 Å². The van der Waals surface area contributed by atoms with E-state index >= 15 is 0 Å². The van der Waals surface area contributed by atoms with Crippen LogP contribution in [0.15, 0.2) is 77.4 Å². The number of hydrogen-bond donors (Lipinski definition) is 0. The summed E-state index contributed by atoms with van der Waals surface area (Å²) >= 11 is 1.78. The molecular weight excluding hydrogens is 418 g/mol. The van der Waals surface area contributed by atoms with E-state index in [1.807, 2.05) is 53.4 Å². The van der Waals surface area contributed by atoms with Crippen LogP contribution < -0.4 is 0 Å². The molecule has 1 aliphatic heterocycles. The lowest BCUT2D eigenvalue weighted by Gasteiger charge is -2.31. The van der Waals surface area contributed by atoms with Crippen LogP contribution >= 0.6 is 11.3 Å². The number of pyridine rings is 1. The number of furan rings is 1. The molecule has 0 unspecified atom stereocenters. The molecule has 1 amide bonds. The largest absolute Gasteiger partial charge is 0.463 e. The fraction of sp³-hybridized carbons (Fsp3) is 0.192. The smallest absolute Gasteiger partial charge is 0.254 e. The van der Waals surface area contributed by atoms with Gasteiger partial charge in [-0.15, -0.1) is 11.3 Å². The number of para-hydroxylation sites is 2. The molecular formula is C26H21N3O2S. The molecule has 1 fully saturated rings. The first kappa shape index (κ1) is 19.2. The van der Waals surface area contributed by atoms with Gasteiger partial charge in [0.05, 0.1) is 32.6 Å². The summed E-state index contributed by atoms with van der Waals surface area (Å²) in [4.78, 5) is 25.1. The Morgan fingerprint density at radius 1 is 0.938 bits per heavy atom. The molecule has 0 radical (unpaired) electrons. The van der Waals surface area contributed by atoms with Gasteiger partial charge in [-0.1, -0.05) is 30.3 Å². The summed E-state index contributed by atoms with van der Waals surface area (Å²) in [5, 5.41) is 2.06. The predicted octanol–water partition coefficient (Wildman–Crippen LogP) is 6.12. The van der Waals surface area contributed by atoms with Crippen molar-refractivity contribution in [1.29, 1.82) is 0 Å². The van der Waals surface area contributed by atoms with Gasteiger partial charge in [-0.3, -0.25) is 4.79 Å². The molecule has 6 heteroatoms. The third-order valence-electron chi connectivity index (χ3n) is 6.16. The number of carbonyl (C=O) groups excluding carboxylic acids is 1. The molecule has 1 aliphatic rings. The molecule has 2 aromatic carbocycles. The molecule has 32 heavy (non-hydrogen) atoms. The van der Waals surface area contributed by atoms with E-state index in [1.54, 1.807) is 17.6 Å². The lowest BCUT2D eigenvalue weighted by Crippen LogP contribution is -2.38. The summed E-state index contributed by atoms with van der Waals surface area (Å²) in [5.74, 6) is 1.13. The lowest BCUT2D eigenvalue weighted by molar-refractivity contribution is 0.0715. The molecule has 3 aromatic heterocycles. The number of likely N-dealkylation sites (tertiary alicyclic amines) is 1. The minimum absolute atomic E-state index is 0.0548. The number of amides is 1. The second-order valence-electron chi connectivity index (χ2n) is 8.14. The van der Waals surface area contributed by atoms with Gasteiger partial charge >= 0.3 is 0 Å². The van der Waals surface area contributed by atoms with Crippen molar-refractivity contribution >= 4 is 38.4 Å². The van der Waals surface area contributed by atoms with Crippen molar-refractivity contribution in [2.45, 2.75) is 18.8 Å². The second-order valence-corrected chi connectivity index (χ2v) is 9.20. The van der Waals surface area contributed by atoms with Gasteiger partial charge in [0.15, 0.2) is 5.76 Å². The molecule has 5 aromatic rings. The summed E-state index contributed by atoms with van der Waals surface area (Å²) in [6, 6.07) is 21.7. The Kier molecular flexibility index (Phi) is 4.72. The standard InChI is InChI=1S/C26H21N3O2S/c30-26(19-16-22(23-9-5-15-31-23)27-20-7-2-1-6-18(19)20)29-13-11-17(12-14-29)25-28-21-8-3-4-10-24(21)32-25/h1-10,15-17H,11-14H2. The number of rotatable bonds is 3. The summed E-state index contributed by atoms with van der Waals surface area (Å²) in [5.41, 5.74) is 3.23. The molecule has 158 valence electrons. The fourth-order valence-electron chi connectivity index (χ4n) is 4.47. The molecule has 6 rings (SSSR count). The van der Waals surface area contributed by atoms with Crippen molar-refractivity contribution in [2.24, 2.45) is 0 Å². The van der Waals surface area contributed by atoms with Crippen molar-refractivity contribution in [3.8, 4) is 11.5 Å². The highest BCUT2D eigenvalue weighted by atomic mass is 32.1. The number of piperidine rings is 1. The highest BCUT2D eigenvalue weighted by Gasteiger charge is 2.28. The molecule has 4 heterocycles. The summed E-state index contributed by atoms with van der Waals surface area (Å²) in [6.45, 7) is 1.46. The summed E-state index contributed by atoms with van der Waals surface area (Å²) in [6.07, 6.45) is 3.49. The Bertz CT molecular complexity index is 1380. The fourth-order valence-corrected chi connectivity index (χ4v) is 5.60. The summed E-state index contributed by atoms with van der Waals surface area (Å²) in [7, 11) is 0. The Hall–Kier alpha value is -3.51. The molecule has 1 saturated heterocycles. The number of carbonyl (C=O) groups is 1. The van der Waals surface area contributed by atoms with Crippen LogP contribution in [-0.4, -0.2) is 33.9 Å². The van der Waals surface area contributed by atoms with Crippen LogP contribution in [0.3, 0.4) is 0 Å². The maximum absolute atomic E-state index is 13.6.